The van der Waals surface area contributed by atoms with Gasteiger partial charge >= 0.3 is 6.18 Å². The molecule has 0 unspecified atom stereocenters. The number of nitrogens with zero attached hydrogens (tertiary/aromatic N) is 2. The maximum Gasteiger partial charge on any atom is 0.434 e. The summed E-state index contributed by atoms with van der Waals surface area (Å²) in [6.45, 7) is 3.61. The third-order valence-corrected chi connectivity index (χ3v) is 3.94. The SMILES string of the molecule is Cc1cccc(C)c1NC(=O)c1nn(C)c(C(F)(F)F)c1Br. The number of benzene rings is 1. The van der Waals surface area contributed by atoms with Gasteiger partial charge in [0.05, 0.1) is 4.47 Å². The van der Waals surface area contributed by atoms with Crippen LogP contribution in [0.4, 0.5) is 18.9 Å². The Morgan fingerprint density at radius 2 is 1.82 bits per heavy atom. The van der Waals surface area contributed by atoms with E-state index in [1.807, 2.05) is 6.07 Å². The average molecular weight is 376 g/mol. The van der Waals surface area contributed by atoms with Crippen LogP contribution in [0.1, 0.15) is 27.3 Å². The molecular weight excluding hydrogens is 363 g/mol. The summed E-state index contributed by atoms with van der Waals surface area (Å²) in [6.07, 6.45) is -4.60. The van der Waals surface area contributed by atoms with Crippen molar-refractivity contribution in [3.8, 4) is 0 Å². The van der Waals surface area contributed by atoms with E-state index in [0.29, 0.717) is 10.4 Å². The van der Waals surface area contributed by atoms with Crippen molar-refractivity contribution in [2.75, 3.05) is 5.32 Å². The summed E-state index contributed by atoms with van der Waals surface area (Å²) in [4.78, 5) is 12.2. The second-order valence-electron chi connectivity index (χ2n) is 4.85. The number of hydrogen-bond donors (Lipinski definition) is 1. The second-order valence-corrected chi connectivity index (χ2v) is 5.65. The van der Waals surface area contributed by atoms with Crippen LogP contribution in [0.2, 0.25) is 0 Å². The first kappa shape index (κ1) is 16.5. The number of carbonyl (C=O) groups excluding carboxylic acids is 1. The van der Waals surface area contributed by atoms with Crippen molar-refractivity contribution >= 4 is 27.5 Å². The number of aromatic nitrogens is 2. The fourth-order valence-electron chi connectivity index (χ4n) is 2.14. The van der Waals surface area contributed by atoms with Crippen LogP contribution in [-0.4, -0.2) is 15.7 Å². The molecule has 0 aliphatic carbocycles. The van der Waals surface area contributed by atoms with E-state index in [1.54, 1.807) is 26.0 Å². The van der Waals surface area contributed by atoms with Gasteiger partial charge in [-0.2, -0.15) is 18.3 Å². The van der Waals surface area contributed by atoms with Gasteiger partial charge < -0.3 is 5.32 Å². The molecule has 0 saturated carbocycles. The molecule has 118 valence electrons. The van der Waals surface area contributed by atoms with Crippen LogP contribution in [0.5, 0.6) is 0 Å². The standard InChI is InChI=1S/C14H13BrF3N3O/c1-7-5-4-6-8(2)10(7)19-13(22)11-9(15)12(14(16,17)18)21(3)20-11/h4-6H,1-3H3,(H,19,22). The Bertz CT molecular complexity index is 717. The number of amides is 1. The lowest BCUT2D eigenvalue weighted by Gasteiger charge is -2.10. The van der Waals surface area contributed by atoms with Gasteiger partial charge in [0.25, 0.3) is 5.91 Å². The van der Waals surface area contributed by atoms with Crippen molar-refractivity contribution < 1.29 is 18.0 Å². The molecule has 0 saturated heterocycles. The van der Waals surface area contributed by atoms with Gasteiger partial charge in [-0.25, -0.2) is 0 Å². The molecule has 0 aliphatic heterocycles. The Balaban J connectivity index is 2.40. The Kier molecular flexibility index (Phi) is 4.32. The third-order valence-electron chi connectivity index (χ3n) is 3.19. The van der Waals surface area contributed by atoms with E-state index in [0.717, 1.165) is 18.2 Å². The summed E-state index contributed by atoms with van der Waals surface area (Å²) in [5.74, 6) is -0.699. The maximum absolute atomic E-state index is 12.9. The van der Waals surface area contributed by atoms with E-state index < -0.39 is 17.8 Å². The van der Waals surface area contributed by atoms with Gasteiger partial charge in [0.1, 0.15) is 0 Å². The van der Waals surface area contributed by atoms with Crippen molar-refractivity contribution in [2.24, 2.45) is 7.05 Å². The molecule has 1 aromatic heterocycles. The van der Waals surface area contributed by atoms with Crippen LogP contribution in [-0.2, 0) is 13.2 Å². The van der Waals surface area contributed by atoms with E-state index in [-0.39, 0.29) is 10.2 Å². The minimum Gasteiger partial charge on any atom is -0.320 e. The maximum atomic E-state index is 12.9. The lowest BCUT2D eigenvalue weighted by molar-refractivity contribution is -0.144. The topological polar surface area (TPSA) is 46.9 Å². The molecule has 1 heterocycles. The molecule has 1 aromatic carbocycles. The number of para-hydroxylation sites is 1. The molecule has 0 spiro atoms. The minimum atomic E-state index is -4.60. The first-order valence-electron chi connectivity index (χ1n) is 6.30. The highest BCUT2D eigenvalue weighted by Crippen LogP contribution is 2.36. The zero-order valence-electron chi connectivity index (χ0n) is 12.0. The molecule has 0 bridgehead atoms. The number of nitrogens with one attached hydrogen (secondary N) is 1. The van der Waals surface area contributed by atoms with Crippen molar-refractivity contribution in [1.29, 1.82) is 0 Å². The van der Waals surface area contributed by atoms with Crippen molar-refractivity contribution in [3.63, 3.8) is 0 Å². The van der Waals surface area contributed by atoms with Crippen molar-refractivity contribution in [1.82, 2.24) is 9.78 Å². The van der Waals surface area contributed by atoms with Gasteiger partial charge in [0, 0.05) is 12.7 Å². The quantitative estimate of drug-likeness (QED) is 0.859. The van der Waals surface area contributed by atoms with Crippen LogP contribution < -0.4 is 5.32 Å². The fraction of sp³-hybridized carbons (Fsp3) is 0.286. The monoisotopic (exact) mass is 375 g/mol. The molecule has 2 aromatic rings. The summed E-state index contributed by atoms with van der Waals surface area (Å²) < 4.78 is 39.0. The first-order valence-corrected chi connectivity index (χ1v) is 7.09. The van der Waals surface area contributed by atoms with Crippen LogP contribution in [0.15, 0.2) is 22.7 Å². The van der Waals surface area contributed by atoms with Gasteiger partial charge in [-0.3, -0.25) is 9.48 Å². The first-order chi connectivity index (χ1) is 10.1. The zero-order chi connectivity index (χ0) is 16.7. The molecule has 8 heteroatoms. The van der Waals surface area contributed by atoms with Crippen LogP contribution in [0.25, 0.3) is 0 Å². The molecule has 1 N–H and O–H groups in total. The molecule has 1 amide bonds. The van der Waals surface area contributed by atoms with Gasteiger partial charge in [0.2, 0.25) is 0 Å². The average Bonchev–Trinajstić information content (AvgIpc) is 2.69. The second kappa shape index (κ2) is 5.75. The number of halogens is 4. The number of carbonyl (C=O) groups is 1. The van der Waals surface area contributed by atoms with Gasteiger partial charge in [-0.1, -0.05) is 18.2 Å². The van der Waals surface area contributed by atoms with Crippen molar-refractivity contribution in [3.05, 3.63) is 45.2 Å². The number of aryl methyl sites for hydroxylation is 3. The number of anilines is 1. The summed E-state index contributed by atoms with van der Waals surface area (Å²) in [7, 11) is 1.14. The number of rotatable bonds is 2. The summed E-state index contributed by atoms with van der Waals surface area (Å²) >= 11 is 2.82. The fourth-order valence-corrected chi connectivity index (χ4v) is 2.88. The van der Waals surface area contributed by atoms with Crippen LogP contribution >= 0.6 is 15.9 Å². The molecule has 0 atom stereocenters. The largest absolute Gasteiger partial charge is 0.434 e. The van der Waals surface area contributed by atoms with E-state index in [1.165, 1.54) is 0 Å². The van der Waals surface area contributed by atoms with Gasteiger partial charge in [-0.15, -0.1) is 0 Å². The molecule has 4 nitrogen and oxygen atoms in total. The lowest BCUT2D eigenvalue weighted by atomic mass is 10.1. The van der Waals surface area contributed by atoms with E-state index in [2.05, 4.69) is 26.3 Å². The normalized spacial score (nSPS) is 11.6. The smallest absolute Gasteiger partial charge is 0.320 e. The molecule has 0 fully saturated rings. The Hall–Kier alpha value is -1.83. The highest BCUT2D eigenvalue weighted by molar-refractivity contribution is 9.10. The lowest BCUT2D eigenvalue weighted by Crippen LogP contribution is -2.15. The van der Waals surface area contributed by atoms with E-state index in [9.17, 15) is 18.0 Å². The number of alkyl halides is 3. The molecule has 2 rings (SSSR count). The van der Waals surface area contributed by atoms with E-state index in [4.69, 9.17) is 0 Å². The van der Waals surface area contributed by atoms with Crippen molar-refractivity contribution in [2.45, 2.75) is 20.0 Å². The molecule has 0 aliphatic rings. The molecule has 0 radical (unpaired) electrons. The highest BCUT2D eigenvalue weighted by Gasteiger charge is 2.39. The Labute approximate surface area is 133 Å². The summed E-state index contributed by atoms with van der Waals surface area (Å²) in [6, 6.07) is 5.44. The Morgan fingerprint density at radius 1 is 1.27 bits per heavy atom. The summed E-state index contributed by atoms with van der Waals surface area (Å²) in [5, 5.41) is 6.29. The van der Waals surface area contributed by atoms with Gasteiger partial charge in [-0.05, 0) is 40.9 Å². The highest BCUT2D eigenvalue weighted by atomic mass is 79.9. The molecular formula is C14H13BrF3N3O. The van der Waals surface area contributed by atoms with Crippen LogP contribution in [0.3, 0.4) is 0 Å². The predicted molar refractivity (Wildman–Crippen MR) is 79.8 cm³/mol. The predicted octanol–water partition coefficient (Wildman–Crippen LogP) is 4.07. The van der Waals surface area contributed by atoms with Crippen LogP contribution in [0, 0.1) is 13.8 Å². The third kappa shape index (κ3) is 3.01. The number of hydrogen-bond acceptors (Lipinski definition) is 2. The minimum absolute atomic E-state index is 0.308. The Morgan fingerprint density at radius 3 is 2.27 bits per heavy atom. The van der Waals surface area contributed by atoms with E-state index >= 15 is 0 Å². The van der Waals surface area contributed by atoms with Gasteiger partial charge in [0.15, 0.2) is 11.4 Å². The summed E-state index contributed by atoms with van der Waals surface area (Å²) in [5.41, 5.74) is 0.892. The zero-order valence-corrected chi connectivity index (χ0v) is 13.6. The molecule has 22 heavy (non-hydrogen) atoms.